The van der Waals surface area contributed by atoms with Gasteiger partial charge >= 0.3 is 5.97 Å². The van der Waals surface area contributed by atoms with E-state index in [1.165, 1.54) is 11.3 Å². The number of hydrogen-bond acceptors (Lipinski definition) is 3. The Labute approximate surface area is 128 Å². The van der Waals surface area contributed by atoms with E-state index in [0.29, 0.717) is 5.75 Å². The SMILES string of the molecule is CCCc1cc(OCC#Cc2ccccc2)c(C(=O)O)s1. The normalized spacial score (nSPS) is 9.76. The Kier molecular flexibility index (Phi) is 5.42. The molecule has 1 aromatic carbocycles. The lowest BCUT2D eigenvalue weighted by molar-refractivity contribution is 0.0698. The first kappa shape index (κ1) is 15.1. The minimum Gasteiger partial charge on any atom is -0.479 e. The number of hydrogen-bond donors (Lipinski definition) is 1. The first-order valence-electron chi connectivity index (χ1n) is 6.73. The Balaban J connectivity index is 2.03. The van der Waals surface area contributed by atoms with E-state index >= 15 is 0 Å². The molecule has 0 amide bonds. The zero-order chi connectivity index (χ0) is 15.1. The molecule has 0 atom stereocenters. The van der Waals surface area contributed by atoms with E-state index in [9.17, 15) is 9.90 Å². The lowest BCUT2D eigenvalue weighted by atomic mass is 10.2. The third kappa shape index (κ3) is 4.37. The van der Waals surface area contributed by atoms with Crippen LogP contribution in [0.25, 0.3) is 0 Å². The number of ether oxygens (including phenoxy) is 1. The molecular formula is C17H16O3S. The van der Waals surface area contributed by atoms with Crippen molar-refractivity contribution in [2.24, 2.45) is 0 Å². The van der Waals surface area contributed by atoms with Gasteiger partial charge in [0.15, 0.2) is 4.88 Å². The van der Waals surface area contributed by atoms with Crippen LogP contribution in [0.3, 0.4) is 0 Å². The molecule has 0 aliphatic carbocycles. The summed E-state index contributed by atoms with van der Waals surface area (Å²) < 4.78 is 5.50. The van der Waals surface area contributed by atoms with Crippen molar-refractivity contribution in [3.8, 4) is 17.6 Å². The molecule has 0 aliphatic rings. The van der Waals surface area contributed by atoms with Crippen LogP contribution in [0.4, 0.5) is 0 Å². The molecule has 0 unspecified atom stereocenters. The van der Waals surface area contributed by atoms with Gasteiger partial charge in [-0.3, -0.25) is 0 Å². The Bertz CT molecular complexity index is 662. The molecule has 0 saturated carbocycles. The predicted molar refractivity (Wildman–Crippen MR) is 84.1 cm³/mol. The monoisotopic (exact) mass is 300 g/mol. The summed E-state index contributed by atoms with van der Waals surface area (Å²) in [6.45, 7) is 2.24. The van der Waals surface area contributed by atoms with E-state index in [1.807, 2.05) is 36.4 Å². The fraction of sp³-hybridized carbons (Fsp3) is 0.235. The van der Waals surface area contributed by atoms with Crippen LogP contribution in [0, 0.1) is 11.8 Å². The van der Waals surface area contributed by atoms with E-state index in [0.717, 1.165) is 23.3 Å². The molecule has 0 radical (unpaired) electrons. The number of carbonyl (C=O) groups is 1. The molecule has 1 aromatic heterocycles. The topological polar surface area (TPSA) is 46.5 Å². The molecule has 0 bridgehead atoms. The summed E-state index contributed by atoms with van der Waals surface area (Å²) in [6.07, 6.45) is 1.84. The number of aryl methyl sites for hydroxylation is 1. The third-order valence-corrected chi connectivity index (χ3v) is 3.91. The van der Waals surface area contributed by atoms with Gasteiger partial charge in [-0.1, -0.05) is 43.4 Å². The average Bonchev–Trinajstić information content (AvgIpc) is 2.88. The summed E-state index contributed by atoms with van der Waals surface area (Å²) in [5.41, 5.74) is 0.913. The second-order valence-corrected chi connectivity index (χ2v) is 5.55. The molecule has 0 saturated heterocycles. The highest BCUT2D eigenvalue weighted by atomic mass is 32.1. The Morgan fingerprint density at radius 1 is 1.33 bits per heavy atom. The lowest BCUT2D eigenvalue weighted by Crippen LogP contribution is -1.99. The maximum Gasteiger partial charge on any atom is 0.349 e. The van der Waals surface area contributed by atoms with Gasteiger partial charge in [0, 0.05) is 10.4 Å². The standard InChI is InChI=1S/C17H16O3S/c1-2-7-14-12-15(16(21-14)17(18)19)20-11-6-10-13-8-4-3-5-9-13/h3-5,8-9,12H,2,7,11H2,1H3,(H,18,19). The number of thiophene rings is 1. The van der Waals surface area contributed by atoms with Crippen molar-refractivity contribution in [2.45, 2.75) is 19.8 Å². The van der Waals surface area contributed by atoms with Crippen LogP contribution in [0.5, 0.6) is 5.75 Å². The third-order valence-electron chi connectivity index (χ3n) is 2.75. The van der Waals surface area contributed by atoms with E-state index in [1.54, 1.807) is 0 Å². The molecule has 0 spiro atoms. The van der Waals surface area contributed by atoms with Crippen molar-refractivity contribution in [3.63, 3.8) is 0 Å². The van der Waals surface area contributed by atoms with E-state index in [2.05, 4.69) is 18.8 Å². The van der Waals surface area contributed by atoms with Crippen molar-refractivity contribution in [1.29, 1.82) is 0 Å². The number of rotatable bonds is 5. The van der Waals surface area contributed by atoms with E-state index in [-0.39, 0.29) is 11.5 Å². The highest BCUT2D eigenvalue weighted by Crippen LogP contribution is 2.30. The molecule has 4 heteroatoms. The first-order chi connectivity index (χ1) is 10.2. The number of benzene rings is 1. The summed E-state index contributed by atoms with van der Waals surface area (Å²) in [4.78, 5) is 12.5. The summed E-state index contributed by atoms with van der Waals surface area (Å²) in [7, 11) is 0. The summed E-state index contributed by atoms with van der Waals surface area (Å²) in [5.74, 6) is 5.34. The smallest absolute Gasteiger partial charge is 0.349 e. The number of carboxylic acid groups (broad SMARTS) is 1. The van der Waals surface area contributed by atoms with Crippen molar-refractivity contribution >= 4 is 17.3 Å². The van der Waals surface area contributed by atoms with E-state index in [4.69, 9.17) is 4.74 Å². The summed E-state index contributed by atoms with van der Waals surface area (Å²) >= 11 is 1.27. The van der Waals surface area contributed by atoms with Crippen LogP contribution >= 0.6 is 11.3 Å². The first-order valence-corrected chi connectivity index (χ1v) is 7.55. The molecule has 2 rings (SSSR count). The van der Waals surface area contributed by atoms with Crippen LogP contribution in [0.1, 0.15) is 33.5 Å². The van der Waals surface area contributed by atoms with E-state index < -0.39 is 5.97 Å². The molecule has 2 aromatic rings. The van der Waals surface area contributed by atoms with Crippen molar-refractivity contribution in [2.75, 3.05) is 6.61 Å². The Hall–Kier alpha value is -2.25. The molecule has 108 valence electrons. The quantitative estimate of drug-likeness (QED) is 0.854. The number of aromatic carboxylic acids is 1. The van der Waals surface area contributed by atoms with Gasteiger partial charge in [0.1, 0.15) is 12.4 Å². The average molecular weight is 300 g/mol. The molecular weight excluding hydrogens is 284 g/mol. The fourth-order valence-corrected chi connectivity index (χ4v) is 2.86. The van der Waals surface area contributed by atoms with Gasteiger partial charge in [-0.05, 0) is 24.6 Å². The highest BCUT2D eigenvalue weighted by Gasteiger charge is 2.16. The lowest BCUT2D eigenvalue weighted by Gasteiger charge is -1.99. The second-order valence-electron chi connectivity index (χ2n) is 4.42. The largest absolute Gasteiger partial charge is 0.479 e. The van der Waals surface area contributed by atoms with Crippen molar-refractivity contribution in [1.82, 2.24) is 0 Å². The van der Waals surface area contributed by atoms with Crippen LogP contribution < -0.4 is 4.74 Å². The zero-order valence-electron chi connectivity index (χ0n) is 11.8. The Morgan fingerprint density at radius 2 is 2.10 bits per heavy atom. The van der Waals surface area contributed by atoms with Gasteiger partial charge in [-0.15, -0.1) is 11.3 Å². The maximum atomic E-state index is 11.2. The van der Waals surface area contributed by atoms with Crippen LogP contribution in [0.2, 0.25) is 0 Å². The summed E-state index contributed by atoms with van der Waals surface area (Å²) in [6, 6.07) is 11.4. The zero-order valence-corrected chi connectivity index (χ0v) is 12.6. The molecule has 1 heterocycles. The van der Waals surface area contributed by atoms with Gasteiger partial charge in [0.25, 0.3) is 0 Å². The van der Waals surface area contributed by atoms with Gasteiger partial charge in [0.2, 0.25) is 0 Å². The minimum atomic E-state index is -0.951. The Morgan fingerprint density at radius 3 is 2.76 bits per heavy atom. The number of carboxylic acids is 1. The summed E-state index contributed by atoms with van der Waals surface area (Å²) in [5, 5.41) is 9.18. The second kappa shape index (κ2) is 7.51. The molecule has 1 N–H and O–H groups in total. The van der Waals surface area contributed by atoms with Gasteiger partial charge in [-0.2, -0.15) is 0 Å². The fourth-order valence-electron chi connectivity index (χ4n) is 1.82. The van der Waals surface area contributed by atoms with Gasteiger partial charge in [0.05, 0.1) is 0 Å². The maximum absolute atomic E-state index is 11.2. The van der Waals surface area contributed by atoms with Crippen molar-refractivity contribution in [3.05, 3.63) is 51.7 Å². The molecule has 0 aliphatic heterocycles. The molecule has 0 fully saturated rings. The predicted octanol–water partition coefficient (Wildman–Crippen LogP) is 3.83. The van der Waals surface area contributed by atoms with Gasteiger partial charge in [-0.25, -0.2) is 4.79 Å². The van der Waals surface area contributed by atoms with Crippen LogP contribution in [-0.4, -0.2) is 17.7 Å². The van der Waals surface area contributed by atoms with Gasteiger partial charge < -0.3 is 9.84 Å². The highest BCUT2D eigenvalue weighted by molar-refractivity contribution is 7.14. The minimum absolute atomic E-state index is 0.178. The van der Waals surface area contributed by atoms with Crippen molar-refractivity contribution < 1.29 is 14.6 Å². The van der Waals surface area contributed by atoms with Crippen LogP contribution in [0.15, 0.2) is 36.4 Å². The van der Waals surface area contributed by atoms with Crippen LogP contribution in [-0.2, 0) is 6.42 Å². The molecule has 21 heavy (non-hydrogen) atoms. The molecule has 3 nitrogen and oxygen atoms in total.